The summed E-state index contributed by atoms with van der Waals surface area (Å²) in [6.07, 6.45) is 8.58. The third kappa shape index (κ3) is 4.92. The highest BCUT2D eigenvalue weighted by atomic mass is 16.5. The number of ether oxygens (including phenoxy) is 1. The topological polar surface area (TPSA) is 135 Å². The number of aliphatic hydroxyl groups is 1. The van der Waals surface area contributed by atoms with E-state index in [2.05, 4.69) is 12.1 Å². The van der Waals surface area contributed by atoms with Crippen molar-refractivity contribution in [3.8, 4) is 22.6 Å². The molecule has 3 saturated carbocycles. The van der Waals surface area contributed by atoms with Gasteiger partial charge in [0.25, 0.3) is 0 Å². The van der Waals surface area contributed by atoms with E-state index in [4.69, 9.17) is 4.74 Å². The van der Waals surface area contributed by atoms with Gasteiger partial charge in [-0.25, -0.2) is 0 Å². The van der Waals surface area contributed by atoms with Crippen molar-refractivity contribution in [3.63, 3.8) is 0 Å². The summed E-state index contributed by atoms with van der Waals surface area (Å²) >= 11 is 0. The number of ketones is 5. The minimum Gasteiger partial charge on any atom is -0.507 e. The molecule has 3 unspecified atom stereocenters. The predicted molar refractivity (Wildman–Crippen MR) is 180 cm³/mol. The summed E-state index contributed by atoms with van der Waals surface area (Å²) in [6, 6.07) is 9.32. The highest BCUT2D eigenvalue weighted by Crippen LogP contribution is 2.64. The Morgan fingerprint density at radius 2 is 1.67 bits per heavy atom. The summed E-state index contributed by atoms with van der Waals surface area (Å²) in [7, 11) is 1.59. The van der Waals surface area contributed by atoms with Crippen LogP contribution in [0.4, 0.5) is 0 Å². The van der Waals surface area contributed by atoms with Crippen LogP contribution in [0.2, 0.25) is 0 Å². The summed E-state index contributed by atoms with van der Waals surface area (Å²) in [5.41, 5.74) is -2.18. The first-order valence-corrected chi connectivity index (χ1v) is 17.5. The molecular weight excluding hydrogens is 608 g/mol. The predicted octanol–water partition coefficient (Wildman–Crippen LogP) is 6.28. The van der Waals surface area contributed by atoms with Crippen molar-refractivity contribution in [1.29, 1.82) is 0 Å². The first-order chi connectivity index (χ1) is 22.6. The first-order valence-electron chi connectivity index (χ1n) is 17.5. The van der Waals surface area contributed by atoms with Crippen LogP contribution in [0.5, 0.6) is 11.5 Å². The number of aryl methyl sites for hydroxylation is 1. The zero-order valence-corrected chi connectivity index (χ0v) is 29.0. The second-order valence-electron chi connectivity index (χ2n) is 15.9. The summed E-state index contributed by atoms with van der Waals surface area (Å²) in [5.74, 6) is -7.67. The van der Waals surface area contributed by atoms with Gasteiger partial charge in [-0.05, 0) is 84.7 Å². The van der Waals surface area contributed by atoms with Gasteiger partial charge in [0.15, 0.2) is 28.7 Å². The van der Waals surface area contributed by atoms with Gasteiger partial charge >= 0.3 is 0 Å². The number of hydrogen-bond acceptors (Lipinski definition) is 8. The Morgan fingerprint density at radius 3 is 2.29 bits per heavy atom. The maximum atomic E-state index is 14.6. The van der Waals surface area contributed by atoms with Crippen molar-refractivity contribution in [2.75, 3.05) is 7.11 Å². The fourth-order valence-corrected chi connectivity index (χ4v) is 10.4. The first kappa shape index (κ1) is 34.2. The van der Waals surface area contributed by atoms with Crippen LogP contribution >= 0.6 is 0 Å². The minimum atomic E-state index is -2.72. The third-order valence-electron chi connectivity index (χ3n) is 12.4. The second-order valence-corrected chi connectivity index (χ2v) is 15.9. The molecular formula is C40H48O8. The molecule has 2 aromatic carbocycles. The molecule has 0 radical (unpaired) electrons. The number of hydrogen-bond donors (Lipinski definition) is 2. The molecule has 6 rings (SSSR count). The van der Waals surface area contributed by atoms with Crippen LogP contribution in [-0.2, 0) is 32.0 Å². The summed E-state index contributed by atoms with van der Waals surface area (Å²) in [6.45, 7) is 8.07. The number of phenols is 1. The van der Waals surface area contributed by atoms with Crippen molar-refractivity contribution in [2.24, 2.45) is 40.4 Å². The number of Topliss-reactive ketones (excluding diaryl/α,β-unsaturated/α-hetero) is 5. The van der Waals surface area contributed by atoms with E-state index >= 15 is 0 Å². The molecule has 48 heavy (non-hydrogen) atoms. The molecule has 2 aromatic rings. The van der Waals surface area contributed by atoms with E-state index in [0.717, 1.165) is 30.9 Å². The molecule has 0 amide bonds. The standard InChI is InChI=1S/C40H48O8/c1-21(2)32-34(43)30(22(3)41)36(45)40(47)37(46)33-35(44)31-27(19-38(33,4)20-39(32,40)5)25(15-16-28(31)42)26-18-24(14-17-29(26)48-6)13-12-23-10-8-7-9-11-23/h14-18,21,23,30,32-33,42,47H,7-13,19-20H2,1-6H3/t30?,32?,33?,38-,39-,40+/m1/s1. The van der Waals surface area contributed by atoms with Crippen molar-refractivity contribution in [1.82, 2.24) is 0 Å². The number of aromatic hydroxyl groups is 1. The van der Waals surface area contributed by atoms with E-state index in [1.165, 1.54) is 38.2 Å². The molecule has 8 nitrogen and oxygen atoms in total. The molecule has 6 atom stereocenters. The Morgan fingerprint density at radius 1 is 0.979 bits per heavy atom. The average Bonchev–Trinajstić information content (AvgIpc) is 3.02. The molecule has 256 valence electrons. The molecule has 0 aromatic heterocycles. The summed E-state index contributed by atoms with van der Waals surface area (Å²) < 4.78 is 5.80. The third-order valence-corrected chi connectivity index (χ3v) is 12.4. The quantitative estimate of drug-likeness (QED) is 0.333. The van der Waals surface area contributed by atoms with Gasteiger partial charge in [0, 0.05) is 16.9 Å². The van der Waals surface area contributed by atoms with E-state index in [-0.39, 0.29) is 24.2 Å². The molecule has 4 aliphatic rings. The molecule has 4 aliphatic carbocycles. The van der Waals surface area contributed by atoms with Crippen LogP contribution in [-0.4, -0.2) is 51.8 Å². The highest BCUT2D eigenvalue weighted by Gasteiger charge is 2.76. The zero-order chi connectivity index (χ0) is 34.9. The van der Waals surface area contributed by atoms with Crippen LogP contribution in [0.25, 0.3) is 11.1 Å². The van der Waals surface area contributed by atoms with Crippen LogP contribution < -0.4 is 4.74 Å². The molecule has 2 N–H and O–H groups in total. The van der Waals surface area contributed by atoms with Crippen molar-refractivity contribution in [2.45, 2.75) is 98.0 Å². The van der Waals surface area contributed by atoms with Gasteiger partial charge in [-0.15, -0.1) is 0 Å². The fourth-order valence-electron chi connectivity index (χ4n) is 10.4. The minimum absolute atomic E-state index is 0.00643. The maximum Gasteiger partial charge on any atom is 0.190 e. The van der Waals surface area contributed by atoms with Gasteiger partial charge < -0.3 is 14.9 Å². The van der Waals surface area contributed by atoms with Crippen LogP contribution in [0.3, 0.4) is 0 Å². The van der Waals surface area contributed by atoms with Gasteiger partial charge in [0.1, 0.15) is 23.2 Å². The summed E-state index contributed by atoms with van der Waals surface area (Å²) in [5, 5.41) is 23.4. The average molecular weight is 657 g/mol. The Kier molecular flexibility index (Phi) is 8.59. The monoisotopic (exact) mass is 656 g/mol. The Bertz CT molecular complexity index is 1720. The number of carbonyl (C=O) groups is 5. The maximum absolute atomic E-state index is 14.6. The highest BCUT2D eigenvalue weighted by molar-refractivity contribution is 6.32. The van der Waals surface area contributed by atoms with Crippen LogP contribution in [0.1, 0.15) is 101 Å². The van der Waals surface area contributed by atoms with Crippen molar-refractivity contribution >= 4 is 28.9 Å². The van der Waals surface area contributed by atoms with E-state index < -0.39 is 69.0 Å². The van der Waals surface area contributed by atoms with Crippen LogP contribution in [0.15, 0.2) is 30.3 Å². The Labute approximate surface area is 282 Å². The lowest BCUT2D eigenvalue weighted by Crippen LogP contribution is -2.76. The van der Waals surface area contributed by atoms with E-state index in [9.17, 15) is 34.2 Å². The van der Waals surface area contributed by atoms with Crippen molar-refractivity contribution < 1.29 is 38.9 Å². The van der Waals surface area contributed by atoms with E-state index in [1.54, 1.807) is 40.9 Å². The molecule has 0 bridgehead atoms. The normalized spacial score (nSPS) is 32.1. The van der Waals surface area contributed by atoms with E-state index in [0.29, 0.717) is 22.8 Å². The largest absolute Gasteiger partial charge is 0.507 e. The smallest absolute Gasteiger partial charge is 0.190 e. The van der Waals surface area contributed by atoms with Gasteiger partial charge in [-0.2, -0.15) is 0 Å². The molecule has 0 heterocycles. The second kappa shape index (κ2) is 12.0. The number of fused-ring (bicyclic) bond motifs is 3. The van der Waals surface area contributed by atoms with Gasteiger partial charge in [0.05, 0.1) is 18.6 Å². The van der Waals surface area contributed by atoms with Gasteiger partial charge in [-0.3, -0.25) is 24.0 Å². The van der Waals surface area contributed by atoms with E-state index in [1.807, 2.05) is 6.07 Å². The number of carbonyl (C=O) groups excluding carboxylic acids is 5. The fraction of sp³-hybridized carbons (Fsp3) is 0.575. The number of benzene rings is 2. The zero-order valence-electron chi connectivity index (χ0n) is 29.0. The van der Waals surface area contributed by atoms with Gasteiger partial charge in [0.2, 0.25) is 0 Å². The SMILES string of the molecule is COc1ccc(CCC2CCCCC2)cc1-c1ccc(O)c2c1C[C@]1(C)C[C@]3(C)C(C(C)C)C(=O)C(C(C)=O)C(=O)[C@]3(O)C(=O)C1C2=O. The number of rotatable bonds is 7. The number of methoxy groups -OCH3 is 1. The lowest BCUT2D eigenvalue weighted by atomic mass is 9.40. The number of phenolic OH excluding ortho intramolecular Hbond substituents is 1. The summed E-state index contributed by atoms with van der Waals surface area (Å²) in [4.78, 5) is 69.5. The van der Waals surface area contributed by atoms with Crippen molar-refractivity contribution in [3.05, 3.63) is 47.0 Å². The lowest BCUT2D eigenvalue weighted by molar-refractivity contribution is -0.205. The molecule has 0 aliphatic heterocycles. The Hall–Kier alpha value is -3.65. The molecule has 3 fully saturated rings. The molecule has 0 saturated heterocycles. The van der Waals surface area contributed by atoms with Crippen LogP contribution in [0, 0.1) is 40.4 Å². The molecule has 8 heteroatoms. The molecule has 0 spiro atoms. The van der Waals surface area contributed by atoms with Gasteiger partial charge in [-0.1, -0.05) is 71.9 Å². The lowest BCUT2D eigenvalue weighted by Gasteiger charge is -2.61. The Balaban J connectivity index is 1.47.